The molecule has 9 heteroatoms. The molecule has 7 nitrogen and oxygen atoms in total. The smallest absolute Gasteiger partial charge is 0.243 e. The molecular formula is C19H24N4O3S2. The number of carbonyl (C=O) groups is 1. The van der Waals surface area contributed by atoms with Crippen molar-refractivity contribution in [3.63, 3.8) is 0 Å². The Morgan fingerprint density at radius 3 is 2.36 bits per heavy atom. The van der Waals surface area contributed by atoms with Gasteiger partial charge in [-0.1, -0.05) is 0 Å². The normalized spacial score (nSPS) is 19.5. The summed E-state index contributed by atoms with van der Waals surface area (Å²) in [7, 11) is -3.52. The molecule has 28 heavy (non-hydrogen) atoms. The minimum Gasteiger partial charge on any atom is -0.312 e. The Morgan fingerprint density at radius 2 is 1.79 bits per heavy atom. The highest BCUT2D eigenvalue weighted by atomic mass is 32.2. The Labute approximate surface area is 169 Å². The molecule has 1 aromatic heterocycles. The lowest BCUT2D eigenvalue weighted by molar-refractivity contribution is -0.117. The number of hydrogen-bond acceptors (Lipinski definition) is 6. The highest BCUT2D eigenvalue weighted by molar-refractivity contribution is 7.89. The van der Waals surface area contributed by atoms with Gasteiger partial charge in [-0.2, -0.15) is 4.31 Å². The van der Waals surface area contributed by atoms with Crippen molar-refractivity contribution < 1.29 is 13.2 Å². The molecule has 1 amide bonds. The molecule has 0 N–H and O–H groups in total. The molecule has 0 aliphatic carbocycles. The molecule has 3 heterocycles. The van der Waals surface area contributed by atoms with Crippen molar-refractivity contribution >= 4 is 33.0 Å². The molecule has 2 saturated heterocycles. The third kappa shape index (κ3) is 3.98. The van der Waals surface area contributed by atoms with Crippen molar-refractivity contribution in [3.8, 4) is 0 Å². The first kappa shape index (κ1) is 19.5. The van der Waals surface area contributed by atoms with Crippen molar-refractivity contribution in [1.29, 1.82) is 0 Å². The lowest BCUT2D eigenvalue weighted by Crippen LogP contribution is -2.48. The van der Waals surface area contributed by atoms with Crippen molar-refractivity contribution in [2.24, 2.45) is 0 Å². The molecule has 0 bridgehead atoms. The summed E-state index contributed by atoms with van der Waals surface area (Å²) in [4.78, 5) is 20.6. The zero-order valence-corrected chi connectivity index (χ0v) is 17.5. The van der Waals surface area contributed by atoms with Gasteiger partial charge in [-0.15, -0.1) is 11.3 Å². The second-order valence-electron chi connectivity index (χ2n) is 7.18. The number of piperazine rings is 1. The maximum atomic E-state index is 13.0. The molecule has 150 valence electrons. The molecule has 2 fully saturated rings. The van der Waals surface area contributed by atoms with E-state index < -0.39 is 10.0 Å². The largest absolute Gasteiger partial charge is 0.312 e. The Morgan fingerprint density at radius 1 is 1.07 bits per heavy atom. The summed E-state index contributed by atoms with van der Waals surface area (Å²) < 4.78 is 27.5. The van der Waals surface area contributed by atoms with Gasteiger partial charge in [0.15, 0.2) is 0 Å². The fourth-order valence-electron chi connectivity index (χ4n) is 3.71. The summed E-state index contributed by atoms with van der Waals surface area (Å²) in [5.74, 6) is 0.0991. The number of rotatable bonds is 5. The van der Waals surface area contributed by atoms with Crippen molar-refractivity contribution in [1.82, 2.24) is 14.2 Å². The Balaban J connectivity index is 1.39. The monoisotopic (exact) mass is 420 g/mol. The number of amides is 1. The summed E-state index contributed by atoms with van der Waals surface area (Å²) in [5.41, 5.74) is 1.82. The van der Waals surface area contributed by atoms with E-state index >= 15 is 0 Å². The number of anilines is 1. The maximum Gasteiger partial charge on any atom is 0.243 e. The first-order valence-electron chi connectivity index (χ1n) is 9.47. The van der Waals surface area contributed by atoms with Crippen LogP contribution in [0.15, 0.2) is 34.5 Å². The van der Waals surface area contributed by atoms with Gasteiger partial charge in [0, 0.05) is 56.8 Å². The van der Waals surface area contributed by atoms with Crippen LogP contribution in [0.4, 0.5) is 5.69 Å². The minimum atomic E-state index is -3.52. The summed E-state index contributed by atoms with van der Waals surface area (Å²) in [6, 6.07) is 6.69. The lowest BCUT2D eigenvalue weighted by atomic mass is 10.3. The number of carbonyl (C=O) groups excluding carboxylic acids is 1. The van der Waals surface area contributed by atoms with Crippen LogP contribution < -0.4 is 4.90 Å². The number of benzene rings is 1. The standard InChI is InChI=1S/C19H24N4O3S2/c1-15-20-16(14-27-15)13-21-9-11-22(12-10-21)28(25,26)18-6-4-17(5-7-18)23-8-2-3-19(23)24/h4-7,14H,2-3,8-13H2,1H3. The van der Waals surface area contributed by atoms with E-state index in [1.807, 2.05) is 6.92 Å². The van der Waals surface area contributed by atoms with Crippen LogP contribution in [-0.2, 0) is 21.4 Å². The molecule has 1 aromatic carbocycles. The molecule has 0 atom stereocenters. The van der Waals surface area contributed by atoms with Crippen molar-refractivity contribution in [3.05, 3.63) is 40.3 Å². The molecular weight excluding hydrogens is 396 g/mol. The van der Waals surface area contributed by atoms with Crippen LogP contribution >= 0.6 is 11.3 Å². The van der Waals surface area contributed by atoms with Crippen LogP contribution in [0.1, 0.15) is 23.5 Å². The Bertz CT molecular complexity index is 948. The molecule has 0 radical (unpaired) electrons. The molecule has 0 unspecified atom stereocenters. The molecule has 2 aliphatic rings. The second-order valence-corrected chi connectivity index (χ2v) is 10.2. The first-order valence-corrected chi connectivity index (χ1v) is 11.8. The number of hydrogen-bond donors (Lipinski definition) is 0. The topological polar surface area (TPSA) is 73.8 Å². The van der Waals surface area contributed by atoms with E-state index in [1.165, 1.54) is 0 Å². The predicted octanol–water partition coefficient (Wildman–Crippen LogP) is 2.08. The van der Waals surface area contributed by atoms with E-state index in [-0.39, 0.29) is 10.8 Å². The SMILES string of the molecule is Cc1nc(CN2CCN(S(=O)(=O)c3ccc(N4CCCC4=O)cc3)CC2)cs1. The maximum absolute atomic E-state index is 13.0. The molecule has 2 aromatic rings. The number of aryl methyl sites for hydroxylation is 1. The van der Waals surface area contributed by atoms with Crippen LogP contribution in [0, 0.1) is 6.92 Å². The van der Waals surface area contributed by atoms with Crippen LogP contribution in [0.25, 0.3) is 0 Å². The number of sulfonamides is 1. The van der Waals surface area contributed by atoms with Crippen molar-refractivity contribution in [2.75, 3.05) is 37.6 Å². The average molecular weight is 421 g/mol. The highest BCUT2D eigenvalue weighted by Crippen LogP contribution is 2.25. The fourth-order valence-corrected chi connectivity index (χ4v) is 5.73. The van der Waals surface area contributed by atoms with Crippen LogP contribution in [-0.4, -0.2) is 61.2 Å². The Hall–Kier alpha value is -1.81. The first-order chi connectivity index (χ1) is 13.4. The van der Waals surface area contributed by atoms with E-state index in [2.05, 4.69) is 15.3 Å². The van der Waals surface area contributed by atoms with E-state index in [9.17, 15) is 13.2 Å². The summed E-state index contributed by atoms with van der Waals surface area (Å²) >= 11 is 1.64. The Kier molecular flexibility index (Phi) is 5.50. The fraction of sp³-hybridized carbons (Fsp3) is 0.474. The van der Waals surface area contributed by atoms with Gasteiger partial charge in [0.05, 0.1) is 15.6 Å². The van der Waals surface area contributed by atoms with Gasteiger partial charge in [-0.05, 0) is 37.6 Å². The number of aromatic nitrogens is 1. The summed E-state index contributed by atoms with van der Waals surface area (Å²) in [6.45, 7) is 5.77. The molecule has 0 saturated carbocycles. The van der Waals surface area contributed by atoms with Crippen LogP contribution in [0.3, 0.4) is 0 Å². The van der Waals surface area contributed by atoms with E-state index in [4.69, 9.17) is 0 Å². The zero-order valence-electron chi connectivity index (χ0n) is 15.9. The quantitative estimate of drug-likeness (QED) is 0.741. The summed E-state index contributed by atoms with van der Waals surface area (Å²) in [5, 5.41) is 3.11. The summed E-state index contributed by atoms with van der Waals surface area (Å²) in [6.07, 6.45) is 1.41. The number of nitrogens with zero attached hydrogens (tertiary/aromatic N) is 4. The van der Waals surface area contributed by atoms with Crippen LogP contribution in [0.2, 0.25) is 0 Å². The van der Waals surface area contributed by atoms with Gasteiger partial charge in [-0.3, -0.25) is 9.69 Å². The van der Waals surface area contributed by atoms with Gasteiger partial charge >= 0.3 is 0 Å². The third-order valence-corrected chi connectivity index (χ3v) is 7.98. The van der Waals surface area contributed by atoms with Gasteiger partial charge in [0.25, 0.3) is 0 Å². The van der Waals surface area contributed by atoms with Gasteiger partial charge in [-0.25, -0.2) is 13.4 Å². The molecule has 0 spiro atoms. The molecule has 2 aliphatic heterocycles. The number of thiazole rings is 1. The van der Waals surface area contributed by atoms with Crippen molar-refractivity contribution in [2.45, 2.75) is 31.2 Å². The van der Waals surface area contributed by atoms with Gasteiger partial charge < -0.3 is 4.90 Å². The second kappa shape index (κ2) is 7.90. The van der Waals surface area contributed by atoms with E-state index in [0.29, 0.717) is 39.1 Å². The third-order valence-electron chi connectivity index (χ3n) is 5.24. The van der Waals surface area contributed by atoms with E-state index in [1.54, 1.807) is 44.8 Å². The zero-order chi connectivity index (χ0) is 19.7. The van der Waals surface area contributed by atoms with Gasteiger partial charge in [0.1, 0.15) is 0 Å². The predicted molar refractivity (Wildman–Crippen MR) is 109 cm³/mol. The van der Waals surface area contributed by atoms with Crippen LogP contribution in [0.5, 0.6) is 0 Å². The lowest BCUT2D eigenvalue weighted by Gasteiger charge is -2.33. The molecule has 4 rings (SSSR count). The average Bonchev–Trinajstić information content (AvgIpc) is 3.30. The highest BCUT2D eigenvalue weighted by Gasteiger charge is 2.29. The van der Waals surface area contributed by atoms with Gasteiger partial charge in [0.2, 0.25) is 15.9 Å². The van der Waals surface area contributed by atoms with E-state index in [0.717, 1.165) is 29.4 Å². The minimum absolute atomic E-state index is 0.0991.